The zero-order valence-electron chi connectivity index (χ0n) is 13.4. The topological polar surface area (TPSA) is 56.3 Å². The highest BCUT2D eigenvalue weighted by atomic mass is 16.3. The van der Waals surface area contributed by atoms with Gasteiger partial charge >= 0.3 is 0 Å². The first kappa shape index (κ1) is 14.8. The van der Waals surface area contributed by atoms with E-state index >= 15 is 0 Å². The highest BCUT2D eigenvalue weighted by Gasteiger charge is 2.38. The Morgan fingerprint density at radius 1 is 1.13 bits per heavy atom. The molecule has 0 spiro atoms. The number of aliphatic hydroxyl groups excluding tert-OH is 1. The van der Waals surface area contributed by atoms with Gasteiger partial charge in [-0.2, -0.15) is 0 Å². The lowest BCUT2D eigenvalue weighted by molar-refractivity contribution is -0.142. The highest BCUT2D eigenvalue weighted by molar-refractivity contribution is 5.82. The Kier molecular flexibility index (Phi) is 3.85. The van der Waals surface area contributed by atoms with Crippen molar-refractivity contribution in [3.8, 4) is 0 Å². The zero-order chi connectivity index (χ0) is 15.8. The van der Waals surface area contributed by atoms with Crippen molar-refractivity contribution >= 4 is 16.8 Å². The summed E-state index contributed by atoms with van der Waals surface area (Å²) in [6.07, 6.45) is 5.32. The van der Waals surface area contributed by atoms with Crippen LogP contribution in [0.1, 0.15) is 50.3 Å². The maximum atomic E-state index is 13.0. The summed E-state index contributed by atoms with van der Waals surface area (Å²) in [6, 6.07) is 10.5. The molecule has 4 nitrogen and oxygen atoms in total. The first-order valence-electron chi connectivity index (χ1n) is 8.80. The maximum Gasteiger partial charge on any atom is 0.228 e. The molecule has 3 unspecified atom stereocenters. The largest absolute Gasteiger partial charge is 0.392 e. The molecule has 23 heavy (non-hydrogen) atoms. The van der Waals surface area contributed by atoms with Crippen molar-refractivity contribution in [2.45, 2.75) is 50.7 Å². The van der Waals surface area contributed by atoms with Gasteiger partial charge in [-0.25, -0.2) is 0 Å². The van der Waals surface area contributed by atoms with Crippen LogP contribution < -0.4 is 0 Å². The number of likely N-dealkylation sites (tertiary alicyclic amines) is 1. The zero-order valence-corrected chi connectivity index (χ0v) is 13.4. The fourth-order valence-corrected chi connectivity index (χ4v) is 4.24. The number of amides is 1. The predicted molar refractivity (Wildman–Crippen MR) is 90.0 cm³/mol. The number of piperidine rings is 1. The molecule has 2 aromatic rings. The van der Waals surface area contributed by atoms with Gasteiger partial charge in [-0.3, -0.25) is 4.79 Å². The third kappa shape index (κ3) is 2.65. The average molecular weight is 312 g/mol. The van der Waals surface area contributed by atoms with Crippen LogP contribution in [0.2, 0.25) is 0 Å². The van der Waals surface area contributed by atoms with Gasteiger partial charge in [-0.1, -0.05) is 18.2 Å². The van der Waals surface area contributed by atoms with Crippen LogP contribution in [0, 0.1) is 5.92 Å². The predicted octanol–water partition coefficient (Wildman–Crippen LogP) is 3.38. The number of para-hydroxylation sites is 1. The van der Waals surface area contributed by atoms with Crippen LogP contribution in [0.4, 0.5) is 0 Å². The van der Waals surface area contributed by atoms with Gasteiger partial charge in [0.2, 0.25) is 5.91 Å². The number of benzene rings is 1. The van der Waals surface area contributed by atoms with E-state index < -0.39 is 6.10 Å². The fourth-order valence-electron chi connectivity index (χ4n) is 4.24. The van der Waals surface area contributed by atoms with E-state index in [0.29, 0.717) is 0 Å². The summed E-state index contributed by atoms with van der Waals surface area (Å²) >= 11 is 0. The van der Waals surface area contributed by atoms with Crippen molar-refractivity contribution in [1.29, 1.82) is 0 Å². The lowest BCUT2D eigenvalue weighted by atomic mass is 9.95. The third-order valence-electron chi connectivity index (χ3n) is 5.49. The summed E-state index contributed by atoms with van der Waals surface area (Å²) in [5.74, 6) is -0.0432. The van der Waals surface area contributed by atoms with E-state index in [1.54, 1.807) is 0 Å². The number of rotatable bonds is 2. The fraction of sp³-hybridized carbons (Fsp3) is 0.526. The van der Waals surface area contributed by atoms with Gasteiger partial charge in [-0.15, -0.1) is 0 Å². The minimum absolute atomic E-state index is 0.122. The van der Waals surface area contributed by atoms with Crippen molar-refractivity contribution in [1.82, 2.24) is 9.88 Å². The van der Waals surface area contributed by atoms with Crippen LogP contribution in [-0.2, 0) is 4.79 Å². The van der Waals surface area contributed by atoms with Crippen molar-refractivity contribution in [2.75, 3.05) is 6.54 Å². The molecule has 4 rings (SSSR count). The van der Waals surface area contributed by atoms with E-state index in [2.05, 4.69) is 23.2 Å². The molecule has 1 aromatic carbocycles. The van der Waals surface area contributed by atoms with E-state index in [9.17, 15) is 9.90 Å². The standard InChI is InChI=1S/C19H24N2O2/c22-18-10-5-7-14(18)19(23)21-11-4-3-9-17(21)16-12-13-6-1-2-8-15(13)20-16/h1-2,6,8,12,14,17-18,20,22H,3-5,7,9-11H2. The van der Waals surface area contributed by atoms with Gasteiger partial charge in [0.15, 0.2) is 0 Å². The number of hydrogen-bond donors (Lipinski definition) is 2. The smallest absolute Gasteiger partial charge is 0.228 e. The molecule has 1 aliphatic carbocycles. The van der Waals surface area contributed by atoms with Crippen molar-refractivity contribution in [3.05, 3.63) is 36.0 Å². The Hall–Kier alpha value is -1.81. The molecule has 1 aliphatic heterocycles. The summed E-state index contributed by atoms with van der Waals surface area (Å²) in [5, 5.41) is 11.3. The number of aromatic nitrogens is 1. The normalized spacial score (nSPS) is 28.4. The summed E-state index contributed by atoms with van der Waals surface area (Å²) in [4.78, 5) is 18.5. The number of H-pyrrole nitrogens is 1. The number of hydrogen-bond acceptors (Lipinski definition) is 2. The Balaban J connectivity index is 1.63. The molecule has 2 heterocycles. The number of carbonyl (C=O) groups excluding carboxylic acids is 1. The summed E-state index contributed by atoms with van der Waals surface area (Å²) in [7, 11) is 0. The van der Waals surface area contributed by atoms with E-state index in [1.165, 1.54) is 5.39 Å². The second-order valence-electron chi connectivity index (χ2n) is 6.96. The Bertz CT molecular complexity index is 675. The van der Waals surface area contributed by atoms with Crippen molar-refractivity contribution in [3.63, 3.8) is 0 Å². The maximum absolute atomic E-state index is 13.0. The molecule has 3 atom stereocenters. The molecule has 2 aliphatic rings. The van der Waals surface area contributed by atoms with Crippen LogP contribution in [0.3, 0.4) is 0 Å². The first-order valence-corrected chi connectivity index (χ1v) is 8.80. The van der Waals surface area contributed by atoms with E-state index in [0.717, 1.165) is 56.3 Å². The average Bonchev–Trinajstić information content (AvgIpc) is 3.20. The number of nitrogens with zero attached hydrogens (tertiary/aromatic N) is 1. The SMILES string of the molecule is O=C(C1CCCC1O)N1CCCCC1c1cc2ccccc2[nH]1. The monoisotopic (exact) mass is 312 g/mol. The Labute approximate surface area is 136 Å². The molecule has 1 saturated heterocycles. The van der Waals surface area contributed by atoms with Gasteiger partial charge in [0.25, 0.3) is 0 Å². The number of carbonyl (C=O) groups is 1. The van der Waals surface area contributed by atoms with E-state index in [1.807, 2.05) is 17.0 Å². The lowest BCUT2D eigenvalue weighted by Crippen LogP contribution is -2.43. The van der Waals surface area contributed by atoms with E-state index in [-0.39, 0.29) is 17.9 Å². The van der Waals surface area contributed by atoms with Crippen LogP contribution >= 0.6 is 0 Å². The van der Waals surface area contributed by atoms with Crippen molar-refractivity contribution in [2.24, 2.45) is 5.92 Å². The quantitative estimate of drug-likeness (QED) is 0.893. The van der Waals surface area contributed by atoms with Gasteiger partial charge in [0.1, 0.15) is 0 Å². The molecule has 2 N–H and O–H groups in total. The molecule has 1 aromatic heterocycles. The van der Waals surface area contributed by atoms with E-state index in [4.69, 9.17) is 0 Å². The first-order chi connectivity index (χ1) is 11.2. The van der Waals surface area contributed by atoms with Gasteiger partial charge in [0, 0.05) is 17.8 Å². The highest BCUT2D eigenvalue weighted by Crippen LogP contribution is 2.36. The van der Waals surface area contributed by atoms with Gasteiger partial charge in [0.05, 0.1) is 18.1 Å². The lowest BCUT2D eigenvalue weighted by Gasteiger charge is -2.37. The number of aliphatic hydroxyl groups is 1. The number of aromatic amines is 1. The Morgan fingerprint density at radius 2 is 2.00 bits per heavy atom. The minimum atomic E-state index is -0.451. The molecule has 1 saturated carbocycles. The molecule has 1 amide bonds. The molecule has 0 bridgehead atoms. The number of nitrogens with one attached hydrogen (secondary N) is 1. The minimum Gasteiger partial charge on any atom is -0.392 e. The molecule has 2 fully saturated rings. The molecule has 0 radical (unpaired) electrons. The summed E-state index contributed by atoms with van der Waals surface area (Å²) in [6.45, 7) is 0.808. The van der Waals surface area contributed by atoms with Crippen LogP contribution in [0.5, 0.6) is 0 Å². The van der Waals surface area contributed by atoms with Gasteiger partial charge in [-0.05, 0) is 56.0 Å². The third-order valence-corrected chi connectivity index (χ3v) is 5.49. The van der Waals surface area contributed by atoms with Crippen LogP contribution in [0.15, 0.2) is 30.3 Å². The summed E-state index contributed by atoms with van der Waals surface area (Å²) in [5.41, 5.74) is 2.26. The Morgan fingerprint density at radius 3 is 2.78 bits per heavy atom. The molecular weight excluding hydrogens is 288 g/mol. The van der Waals surface area contributed by atoms with Crippen molar-refractivity contribution < 1.29 is 9.90 Å². The van der Waals surface area contributed by atoms with Gasteiger partial charge < -0.3 is 15.0 Å². The second-order valence-corrected chi connectivity index (χ2v) is 6.96. The van der Waals surface area contributed by atoms with Crippen LogP contribution in [-0.4, -0.2) is 33.5 Å². The second kappa shape index (κ2) is 6.00. The number of fused-ring (bicyclic) bond motifs is 1. The molecule has 4 heteroatoms. The van der Waals surface area contributed by atoms with Crippen LogP contribution in [0.25, 0.3) is 10.9 Å². The summed E-state index contributed by atoms with van der Waals surface area (Å²) < 4.78 is 0. The molecule has 122 valence electrons. The molecular formula is C19H24N2O2.